The molecular weight excluding hydrogens is 334 g/mol. The van der Waals surface area contributed by atoms with Crippen molar-refractivity contribution in [1.29, 1.82) is 0 Å². The molecular formula is C14H13F4N3OS. The van der Waals surface area contributed by atoms with E-state index >= 15 is 0 Å². The fourth-order valence-electron chi connectivity index (χ4n) is 2.60. The Labute approximate surface area is 133 Å². The molecule has 0 bridgehead atoms. The molecule has 1 saturated carbocycles. The second-order valence-corrected chi connectivity index (χ2v) is 6.91. The molecule has 1 aromatic heterocycles. The van der Waals surface area contributed by atoms with E-state index in [-0.39, 0.29) is 24.6 Å². The van der Waals surface area contributed by atoms with Crippen molar-refractivity contribution < 1.29 is 22.7 Å². The standard InChI is InChI=1S/C14H13F4N3OS/c15-10-3-1-9(2-4-10)11(21-8-19-7-20-21)12(22)13(5-6-13)23-14(16,17)18/h1-4,7-8,11-12,22H,5-6H2. The molecule has 4 nitrogen and oxygen atoms in total. The highest BCUT2D eigenvalue weighted by Gasteiger charge is 2.58. The summed E-state index contributed by atoms with van der Waals surface area (Å²) in [5.41, 5.74) is -3.97. The fraction of sp³-hybridized carbons (Fsp3) is 0.429. The van der Waals surface area contributed by atoms with Crippen LogP contribution in [0, 0.1) is 5.82 Å². The average Bonchev–Trinajstić information content (AvgIpc) is 3.04. The van der Waals surface area contributed by atoms with E-state index in [2.05, 4.69) is 10.1 Å². The lowest BCUT2D eigenvalue weighted by molar-refractivity contribution is -0.0352. The maximum Gasteiger partial charge on any atom is 0.442 e. The Morgan fingerprint density at radius 2 is 1.87 bits per heavy atom. The van der Waals surface area contributed by atoms with Gasteiger partial charge in [0.25, 0.3) is 0 Å². The maximum atomic E-state index is 13.1. The van der Waals surface area contributed by atoms with E-state index in [1.54, 1.807) is 0 Å². The first kappa shape index (κ1) is 16.3. The highest BCUT2D eigenvalue weighted by atomic mass is 32.2. The predicted octanol–water partition coefficient (Wildman–Crippen LogP) is 3.15. The van der Waals surface area contributed by atoms with Gasteiger partial charge in [-0.3, -0.25) is 0 Å². The monoisotopic (exact) mass is 347 g/mol. The number of aliphatic hydroxyl groups is 1. The minimum absolute atomic E-state index is 0.184. The zero-order valence-electron chi connectivity index (χ0n) is 11.7. The summed E-state index contributed by atoms with van der Waals surface area (Å²) in [6.45, 7) is 0. The Morgan fingerprint density at radius 3 is 2.35 bits per heavy atom. The van der Waals surface area contributed by atoms with Gasteiger partial charge in [-0.25, -0.2) is 14.1 Å². The molecule has 0 saturated heterocycles. The lowest BCUT2D eigenvalue weighted by Crippen LogP contribution is -2.37. The van der Waals surface area contributed by atoms with E-state index in [4.69, 9.17) is 0 Å². The predicted molar refractivity (Wildman–Crippen MR) is 76.2 cm³/mol. The van der Waals surface area contributed by atoms with Crippen LogP contribution >= 0.6 is 11.8 Å². The van der Waals surface area contributed by atoms with Crippen LogP contribution in [-0.4, -0.2) is 36.2 Å². The van der Waals surface area contributed by atoms with Crippen LogP contribution < -0.4 is 0 Å². The number of aliphatic hydroxyl groups excluding tert-OH is 1. The van der Waals surface area contributed by atoms with Crippen molar-refractivity contribution in [2.24, 2.45) is 0 Å². The number of rotatable bonds is 5. The summed E-state index contributed by atoms with van der Waals surface area (Å²) >= 11 is -0.184. The van der Waals surface area contributed by atoms with Crippen LogP contribution in [0.3, 0.4) is 0 Å². The van der Waals surface area contributed by atoms with Gasteiger partial charge in [-0.05, 0) is 42.3 Å². The summed E-state index contributed by atoms with van der Waals surface area (Å²) in [6.07, 6.45) is 1.74. The third-order valence-corrected chi connectivity index (χ3v) is 5.12. The van der Waals surface area contributed by atoms with Crippen molar-refractivity contribution in [2.75, 3.05) is 0 Å². The van der Waals surface area contributed by atoms with Crippen molar-refractivity contribution in [2.45, 2.75) is 35.2 Å². The molecule has 2 unspecified atom stereocenters. The Bertz CT molecular complexity index is 656. The first-order valence-corrected chi connectivity index (χ1v) is 7.67. The second kappa shape index (κ2) is 5.79. The zero-order chi connectivity index (χ0) is 16.7. The number of aromatic nitrogens is 3. The minimum atomic E-state index is -4.44. The van der Waals surface area contributed by atoms with E-state index in [9.17, 15) is 22.7 Å². The molecule has 1 aliphatic rings. The van der Waals surface area contributed by atoms with Crippen molar-refractivity contribution in [3.63, 3.8) is 0 Å². The number of hydrogen-bond acceptors (Lipinski definition) is 4. The van der Waals surface area contributed by atoms with Crippen molar-refractivity contribution in [1.82, 2.24) is 14.8 Å². The normalized spacial score (nSPS) is 19.3. The smallest absolute Gasteiger partial charge is 0.389 e. The molecule has 2 aromatic rings. The molecule has 0 amide bonds. The highest BCUT2D eigenvalue weighted by molar-refractivity contribution is 8.01. The molecule has 0 radical (unpaired) electrons. The number of thioether (sulfide) groups is 1. The van der Waals surface area contributed by atoms with Crippen molar-refractivity contribution in [3.05, 3.63) is 48.3 Å². The van der Waals surface area contributed by atoms with Crippen LogP contribution in [0.4, 0.5) is 17.6 Å². The lowest BCUT2D eigenvalue weighted by Gasteiger charge is -2.30. The molecule has 23 heavy (non-hydrogen) atoms. The van der Waals surface area contributed by atoms with Crippen molar-refractivity contribution in [3.8, 4) is 0 Å². The van der Waals surface area contributed by atoms with Crippen LogP contribution in [0.5, 0.6) is 0 Å². The van der Waals surface area contributed by atoms with E-state index in [1.807, 2.05) is 0 Å². The largest absolute Gasteiger partial charge is 0.442 e. The van der Waals surface area contributed by atoms with Gasteiger partial charge in [0.05, 0.1) is 10.9 Å². The van der Waals surface area contributed by atoms with Gasteiger partial charge in [0.1, 0.15) is 24.5 Å². The number of benzene rings is 1. The molecule has 1 fully saturated rings. The quantitative estimate of drug-likeness (QED) is 0.844. The summed E-state index contributed by atoms with van der Waals surface area (Å²) < 4.78 is 51.5. The topological polar surface area (TPSA) is 50.9 Å². The third-order valence-electron chi connectivity index (χ3n) is 3.83. The Morgan fingerprint density at radius 1 is 1.22 bits per heavy atom. The average molecular weight is 347 g/mol. The molecule has 0 aliphatic heterocycles. The lowest BCUT2D eigenvalue weighted by atomic mass is 9.98. The Hall–Kier alpha value is -1.61. The molecule has 1 aliphatic carbocycles. The number of nitrogens with zero attached hydrogens (tertiary/aromatic N) is 3. The first-order chi connectivity index (χ1) is 10.8. The van der Waals surface area contributed by atoms with Gasteiger partial charge < -0.3 is 5.11 Å². The molecule has 1 aromatic carbocycles. The maximum absolute atomic E-state index is 13.1. The summed E-state index contributed by atoms with van der Waals surface area (Å²) in [4.78, 5) is 3.78. The second-order valence-electron chi connectivity index (χ2n) is 5.43. The summed E-state index contributed by atoms with van der Waals surface area (Å²) in [6, 6.07) is 4.39. The third kappa shape index (κ3) is 3.50. The van der Waals surface area contributed by atoms with Crippen LogP contribution in [0.15, 0.2) is 36.9 Å². The van der Waals surface area contributed by atoms with Gasteiger partial charge in [-0.2, -0.15) is 18.3 Å². The van der Waals surface area contributed by atoms with Gasteiger partial charge in [0, 0.05) is 0 Å². The molecule has 9 heteroatoms. The van der Waals surface area contributed by atoms with Gasteiger partial charge >= 0.3 is 5.51 Å². The molecule has 1 heterocycles. The van der Waals surface area contributed by atoms with Gasteiger partial charge in [-0.15, -0.1) is 0 Å². The molecule has 3 rings (SSSR count). The zero-order valence-corrected chi connectivity index (χ0v) is 12.6. The van der Waals surface area contributed by atoms with Gasteiger partial charge in [0.2, 0.25) is 0 Å². The van der Waals surface area contributed by atoms with Gasteiger partial charge in [-0.1, -0.05) is 12.1 Å². The van der Waals surface area contributed by atoms with E-state index < -0.39 is 28.2 Å². The molecule has 2 atom stereocenters. The van der Waals surface area contributed by atoms with E-state index in [0.717, 1.165) is 0 Å². The fourth-order valence-corrected chi connectivity index (χ4v) is 3.62. The Kier molecular flexibility index (Phi) is 4.09. The van der Waals surface area contributed by atoms with Crippen LogP contribution in [0.25, 0.3) is 0 Å². The summed E-state index contributed by atoms with van der Waals surface area (Å²) in [5.74, 6) is -0.466. The first-order valence-electron chi connectivity index (χ1n) is 6.85. The number of alkyl halides is 3. The van der Waals surface area contributed by atoms with Gasteiger partial charge in [0.15, 0.2) is 0 Å². The van der Waals surface area contributed by atoms with Crippen molar-refractivity contribution >= 4 is 11.8 Å². The number of halogens is 4. The summed E-state index contributed by atoms with van der Waals surface area (Å²) in [5, 5.41) is 14.6. The summed E-state index contributed by atoms with van der Waals surface area (Å²) in [7, 11) is 0. The van der Waals surface area contributed by atoms with Crippen LogP contribution in [0.1, 0.15) is 24.4 Å². The SMILES string of the molecule is OC(C(c1ccc(F)cc1)n1cncn1)C1(SC(F)(F)F)CC1. The number of hydrogen-bond donors (Lipinski definition) is 1. The van der Waals surface area contributed by atoms with E-state index in [0.29, 0.717) is 5.56 Å². The molecule has 1 N–H and O–H groups in total. The minimum Gasteiger partial charge on any atom is -0.389 e. The molecule has 0 spiro atoms. The highest BCUT2D eigenvalue weighted by Crippen LogP contribution is 2.59. The molecule has 124 valence electrons. The van der Waals surface area contributed by atoms with Crippen LogP contribution in [-0.2, 0) is 0 Å². The Balaban J connectivity index is 1.94. The van der Waals surface area contributed by atoms with E-state index in [1.165, 1.54) is 41.6 Å². The van der Waals surface area contributed by atoms with Crippen LogP contribution in [0.2, 0.25) is 0 Å².